The van der Waals surface area contributed by atoms with Gasteiger partial charge in [-0.3, -0.25) is 14.4 Å². The molecular formula is C21H28N4O6. The van der Waals surface area contributed by atoms with Crippen LogP contribution in [0, 0.1) is 5.92 Å². The van der Waals surface area contributed by atoms with Crippen LogP contribution in [0.15, 0.2) is 30.5 Å². The minimum Gasteiger partial charge on any atom is -0.481 e. The fourth-order valence-corrected chi connectivity index (χ4v) is 3.23. The van der Waals surface area contributed by atoms with Crippen molar-refractivity contribution < 1.29 is 29.4 Å². The summed E-state index contributed by atoms with van der Waals surface area (Å²) in [6, 6.07) is 3.82. The summed E-state index contributed by atoms with van der Waals surface area (Å²) in [6.07, 6.45) is 1.68. The number of aliphatic carboxylic acids is 2. The predicted octanol–water partition coefficient (Wildman–Crippen LogP) is 0.613. The van der Waals surface area contributed by atoms with E-state index < -0.39 is 48.3 Å². The lowest BCUT2D eigenvalue weighted by atomic mass is 9.96. The monoisotopic (exact) mass is 432 g/mol. The first-order chi connectivity index (χ1) is 14.6. The van der Waals surface area contributed by atoms with E-state index in [-0.39, 0.29) is 12.3 Å². The number of hydrogen-bond donors (Lipinski definition) is 6. The lowest BCUT2D eigenvalue weighted by Crippen LogP contribution is -2.57. The Bertz CT molecular complexity index is 956. The average molecular weight is 432 g/mol. The topological polar surface area (TPSA) is 175 Å². The van der Waals surface area contributed by atoms with Gasteiger partial charge >= 0.3 is 11.9 Å². The molecule has 1 aromatic carbocycles. The number of fused-ring (bicyclic) bond motifs is 1. The average Bonchev–Trinajstić information content (AvgIpc) is 3.13. The molecule has 0 aliphatic heterocycles. The molecule has 0 spiro atoms. The number of amides is 2. The van der Waals surface area contributed by atoms with Crippen molar-refractivity contribution in [3.8, 4) is 0 Å². The van der Waals surface area contributed by atoms with Crippen molar-refractivity contribution in [2.24, 2.45) is 11.7 Å². The van der Waals surface area contributed by atoms with E-state index in [0.29, 0.717) is 6.42 Å². The van der Waals surface area contributed by atoms with Crippen molar-refractivity contribution in [2.45, 2.75) is 51.2 Å². The zero-order valence-electron chi connectivity index (χ0n) is 17.4. The minimum absolute atomic E-state index is 0.0464. The number of carboxylic acid groups (broad SMARTS) is 2. The molecule has 168 valence electrons. The van der Waals surface area contributed by atoms with Crippen LogP contribution >= 0.6 is 0 Å². The van der Waals surface area contributed by atoms with E-state index >= 15 is 0 Å². The number of carbonyl (C=O) groups is 4. The Kier molecular flexibility index (Phi) is 8.14. The Hall–Kier alpha value is -3.40. The molecule has 2 amide bonds. The number of benzene rings is 1. The second-order valence-electron chi connectivity index (χ2n) is 7.54. The van der Waals surface area contributed by atoms with Crippen LogP contribution in [0.1, 0.15) is 32.3 Å². The summed E-state index contributed by atoms with van der Waals surface area (Å²) in [7, 11) is 0. The number of hydrogen-bond acceptors (Lipinski definition) is 5. The van der Waals surface area contributed by atoms with E-state index in [1.165, 1.54) is 0 Å². The van der Waals surface area contributed by atoms with Crippen molar-refractivity contribution in [1.29, 1.82) is 0 Å². The van der Waals surface area contributed by atoms with Crippen LogP contribution in [0.3, 0.4) is 0 Å². The van der Waals surface area contributed by atoms with Gasteiger partial charge in [-0.15, -0.1) is 0 Å². The highest BCUT2D eigenvalue weighted by atomic mass is 16.4. The highest BCUT2D eigenvalue weighted by Gasteiger charge is 2.31. The summed E-state index contributed by atoms with van der Waals surface area (Å²) in [5.74, 6) is -4.24. The Balaban J connectivity index is 2.15. The molecule has 0 fully saturated rings. The first-order valence-electron chi connectivity index (χ1n) is 9.99. The zero-order chi connectivity index (χ0) is 23.1. The van der Waals surface area contributed by atoms with E-state index in [9.17, 15) is 24.3 Å². The van der Waals surface area contributed by atoms with Gasteiger partial charge in [0.05, 0.1) is 12.5 Å². The number of nitrogens with two attached hydrogens (primary N) is 1. The summed E-state index contributed by atoms with van der Waals surface area (Å²) >= 11 is 0. The van der Waals surface area contributed by atoms with E-state index in [4.69, 9.17) is 10.8 Å². The highest BCUT2D eigenvalue weighted by molar-refractivity contribution is 5.93. The van der Waals surface area contributed by atoms with E-state index in [0.717, 1.165) is 16.5 Å². The smallest absolute Gasteiger partial charge is 0.326 e. The Morgan fingerprint density at radius 1 is 1.10 bits per heavy atom. The molecule has 4 atom stereocenters. The largest absolute Gasteiger partial charge is 0.481 e. The predicted molar refractivity (Wildman–Crippen MR) is 113 cm³/mol. The molecule has 0 aliphatic carbocycles. The Morgan fingerprint density at radius 3 is 2.39 bits per heavy atom. The highest BCUT2D eigenvalue weighted by Crippen LogP contribution is 2.19. The van der Waals surface area contributed by atoms with Crippen molar-refractivity contribution in [3.63, 3.8) is 0 Å². The van der Waals surface area contributed by atoms with Crippen molar-refractivity contribution in [2.75, 3.05) is 0 Å². The molecule has 1 heterocycles. The maximum Gasteiger partial charge on any atom is 0.326 e. The second kappa shape index (κ2) is 10.6. The van der Waals surface area contributed by atoms with Gasteiger partial charge in [0.25, 0.3) is 0 Å². The van der Waals surface area contributed by atoms with Gasteiger partial charge < -0.3 is 31.6 Å². The molecule has 0 bridgehead atoms. The second-order valence-corrected chi connectivity index (χ2v) is 7.54. The SMILES string of the molecule is CC[C@H](C)[C@H](NC(=O)[C@@H](N)CC(=O)O)C(=O)N[C@H](Cc1c[nH]c2ccccc12)C(=O)O. The third kappa shape index (κ3) is 6.29. The number of aromatic amines is 1. The van der Waals surface area contributed by atoms with Gasteiger partial charge in [0.1, 0.15) is 12.1 Å². The van der Waals surface area contributed by atoms with Crippen molar-refractivity contribution in [3.05, 3.63) is 36.0 Å². The molecule has 0 saturated carbocycles. The fourth-order valence-electron chi connectivity index (χ4n) is 3.23. The van der Waals surface area contributed by atoms with Gasteiger partial charge in [0.2, 0.25) is 11.8 Å². The fraction of sp³-hybridized carbons (Fsp3) is 0.429. The first kappa shape index (κ1) is 23.9. The molecule has 1 aromatic heterocycles. The number of nitrogens with one attached hydrogen (secondary N) is 3. The molecular weight excluding hydrogens is 404 g/mol. The Labute approximate surface area is 179 Å². The quantitative estimate of drug-likeness (QED) is 0.301. The number of H-pyrrole nitrogens is 1. The zero-order valence-corrected chi connectivity index (χ0v) is 17.4. The van der Waals surface area contributed by atoms with Gasteiger partial charge in [-0.1, -0.05) is 38.5 Å². The normalized spacial score (nSPS) is 14.9. The lowest BCUT2D eigenvalue weighted by molar-refractivity contribution is -0.143. The number of aromatic nitrogens is 1. The van der Waals surface area contributed by atoms with Crippen molar-refractivity contribution in [1.82, 2.24) is 15.6 Å². The van der Waals surface area contributed by atoms with Gasteiger partial charge in [-0.25, -0.2) is 4.79 Å². The third-order valence-electron chi connectivity index (χ3n) is 5.24. The molecule has 0 radical (unpaired) electrons. The van der Waals surface area contributed by atoms with E-state index in [1.807, 2.05) is 31.2 Å². The van der Waals surface area contributed by atoms with Gasteiger partial charge in [-0.05, 0) is 17.5 Å². The minimum atomic E-state index is -1.32. The maximum atomic E-state index is 12.9. The molecule has 2 rings (SSSR count). The molecule has 0 aliphatic rings. The third-order valence-corrected chi connectivity index (χ3v) is 5.24. The molecule has 0 saturated heterocycles. The summed E-state index contributed by atoms with van der Waals surface area (Å²) in [5, 5.41) is 24.3. The summed E-state index contributed by atoms with van der Waals surface area (Å²) < 4.78 is 0. The van der Waals surface area contributed by atoms with Crippen molar-refractivity contribution >= 4 is 34.7 Å². The standard InChI is InChI=1S/C21H28N4O6/c1-3-11(2)18(25-19(28)14(22)9-17(26)27)20(29)24-16(21(30)31)8-12-10-23-15-7-5-4-6-13(12)15/h4-7,10-11,14,16,18,23H,3,8-9,22H2,1-2H3,(H,24,29)(H,25,28)(H,26,27)(H,30,31)/t11-,14-,16+,18-/m0/s1. The Morgan fingerprint density at radius 2 is 1.77 bits per heavy atom. The number of rotatable bonds is 11. The summed E-state index contributed by atoms with van der Waals surface area (Å²) in [6.45, 7) is 3.54. The maximum absolute atomic E-state index is 12.9. The molecule has 10 nitrogen and oxygen atoms in total. The first-order valence-corrected chi connectivity index (χ1v) is 9.99. The van der Waals surface area contributed by atoms with Crippen LogP contribution in [-0.2, 0) is 25.6 Å². The van der Waals surface area contributed by atoms with Crippen LogP contribution in [0.4, 0.5) is 0 Å². The van der Waals surface area contributed by atoms with Crippen LogP contribution < -0.4 is 16.4 Å². The summed E-state index contributed by atoms with van der Waals surface area (Å²) in [5.41, 5.74) is 7.16. The lowest BCUT2D eigenvalue weighted by Gasteiger charge is -2.26. The molecule has 0 unspecified atom stereocenters. The summed E-state index contributed by atoms with van der Waals surface area (Å²) in [4.78, 5) is 50.8. The van der Waals surface area contributed by atoms with Crippen LogP contribution in [0.2, 0.25) is 0 Å². The van der Waals surface area contributed by atoms with Gasteiger partial charge in [0.15, 0.2) is 0 Å². The van der Waals surface area contributed by atoms with Crippen LogP contribution in [0.25, 0.3) is 10.9 Å². The molecule has 10 heteroatoms. The number of para-hydroxylation sites is 1. The van der Waals surface area contributed by atoms with E-state index in [2.05, 4.69) is 15.6 Å². The molecule has 2 aromatic rings. The number of carboxylic acids is 2. The van der Waals surface area contributed by atoms with Gasteiger partial charge in [-0.2, -0.15) is 0 Å². The van der Waals surface area contributed by atoms with E-state index in [1.54, 1.807) is 13.1 Å². The van der Waals surface area contributed by atoms with Crippen LogP contribution in [-0.4, -0.2) is 57.1 Å². The van der Waals surface area contributed by atoms with Gasteiger partial charge in [0, 0.05) is 23.5 Å². The molecule has 31 heavy (non-hydrogen) atoms. The van der Waals surface area contributed by atoms with Crippen LogP contribution in [0.5, 0.6) is 0 Å². The number of carbonyl (C=O) groups excluding carboxylic acids is 2. The molecule has 7 N–H and O–H groups in total.